The topological polar surface area (TPSA) is 71.3 Å². The average molecular weight is 248 g/mol. The fourth-order valence-corrected chi connectivity index (χ4v) is 1.34. The maximum atomic E-state index is 11.7. The summed E-state index contributed by atoms with van der Waals surface area (Å²) in [6, 6.07) is 1.62. The van der Waals surface area contributed by atoms with Crippen molar-refractivity contribution in [1.29, 1.82) is 0 Å². The predicted molar refractivity (Wildman–Crippen MR) is 67.7 cm³/mol. The smallest absolute Gasteiger partial charge is 0.273 e. The van der Waals surface area contributed by atoms with Gasteiger partial charge in [-0.25, -0.2) is 0 Å². The van der Waals surface area contributed by atoms with E-state index in [9.17, 15) is 9.59 Å². The van der Waals surface area contributed by atoms with E-state index >= 15 is 0 Å². The molecular weight excluding hydrogens is 232 g/mol. The molecule has 0 bridgehead atoms. The molecular formula is C13H16N2O3. The predicted octanol–water partition coefficient (Wildman–Crippen LogP) is 1.79. The van der Waals surface area contributed by atoms with Crippen molar-refractivity contribution in [2.75, 3.05) is 0 Å². The SMILES string of the molecule is C/C=C/C=C/C(=O)NNC(=O)c1cc(C)oc1C. The van der Waals surface area contributed by atoms with Crippen LogP contribution in [0.1, 0.15) is 28.8 Å². The molecule has 0 unspecified atom stereocenters. The van der Waals surface area contributed by atoms with E-state index in [4.69, 9.17) is 4.42 Å². The molecule has 0 aromatic carbocycles. The highest BCUT2D eigenvalue weighted by Crippen LogP contribution is 2.12. The van der Waals surface area contributed by atoms with Crippen LogP contribution in [0.4, 0.5) is 0 Å². The second kappa shape index (κ2) is 6.44. The Labute approximate surface area is 106 Å². The molecule has 18 heavy (non-hydrogen) atoms. The lowest BCUT2D eigenvalue weighted by atomic mass is 10.2. The van der Waals surface area contributed by atoms with E-state index < -0.39 is 11.8 Å². The number of furan rings is 1. The second-order valence-electron chi connectivity index (χ2n) is 3.66. The van der Waals surface area contributed by atoms with Gasteiger partial charge in [0.2, 0.25) is 0 Å². The summed E-state index contributed by atoms with van der Waals surface area (Å²) in [5.74, 6) is 0.358. The van der Waals surface area contributed by atoms with Crippen molar-refractivity contribution in [2.45, 2.75) is 20.8 Å². The van der Waals surface area contributed by atoms with E-state index in [1.165, 1.54) is 6.08 Å². The minimum Gasteiger partial charge on any atom is -0.466 e. The number of carbonyl (C=O) groups is 2. The zero-order valence-corrected chi connectivity index (χ0v) is 10.6. The average Bonchev–Trinajstić information content (AvgIpc) is 2.66. The minimum absolute atomic E-state index is 0.403. The van der Waals surface area contributed by atoms with Crippen LogP contribution < -0.4 is 10.9 Å². The highest BCUT2D eigenvalue weighted by atomic mass is 16.3. The molecule has 0 fully saturated rings. The molecule has 1 heterocycles. The number of allylic oxidation sites excluding steroid dienone is 3. The van der Waals surface area contributed by atoms with Gasteiger partial charge < -0.3 is 4.42 Å². The summed E-state index contributed by atoms with van der Waals surface area (Å²) in [7, 11) is 0. The Balaban J connectivity index is 2.51. The van der Waals surface area contributed by atoms with Gasteiger partial charge in [0.05, 0.1) is 5.56 Å². The molecule has 0 radical (unpaired) electrons. The Bertz CT molecular complexity index is 498. The first kappa shape index (κ1) is 13.8. The van der Waals surface area contributed by atoms with E-state index in [1.54, 1.807) is 38.1 Å². The molecule has 1 aromatic rings. The van der Waals surface area contributed by atoms with Gasteiger partial charge in [-0.1, -0.05) is 18.2 Å². The first-order valence-electron chi connectivity index (χ1n) is 5.51. The monoisotopic (exact) mass is 248 g/mol. The zero-order chi connectivity index (χ0) is 13.5. The number of carbonyl (C=O) groups excluding carboxylic acids is 2. The lowest BCUT2D eigenvalue weighted by molar-refractivity contribution is -0.117. The number of hydrazine groups is 1. The molecule has 0 atom stereocenters. The Morgan fingerprint density at radius 3 is 2.50 bits per heavy atom. The summed E-state index contributed by atoms with van der Waals surface area (Å²) in [6.07, 6.45) is 6.40. The van der Waals surface area contributed by atoms with E-state index in [1.807, 2.05) is 6.92 Å². The lowest BCUT2D eigenvalue weighted by Gasteiger charge is -2.03. The molecule has 0 saturated heterocycles. The first-order valence-corrected chi connectivity index (χ1v) is 5.51. The summed E-state index contributed by atoms with van der Waals surface area (Å²) in [6.45, 7) is 5.28. The van der Waals surface area contributed by atoms with Crippen LogP contribution in [-0.2, 0) is 4.79 Å². The Kier molecular flexibility index (Phi) is 4.92. The van der Waals surface area contributed by atoms with Crippen LogP contribution in [0.3, 0.4) is 0 Å². The second-order valence-corrected chi connectivity index (χ2v) is 3.66. The summed E-state index contributed by atoms with van der Waals surface area (Å²) < 4.78 is 5.23. The molecule has 0 aliphatic heterocycles. The van der Waals surface area contributed by atoms with Crippen LogP contribution in [0.5, 0.6) is 0 Å². The van der Waals surface area contributed by atoms with Crippen LogP contribution in [0, 0.1) is 13.8 Å². The molecule has 96 valence electrons. The number of amides is 2. The van der Waals surface area contributed by atoms with Crippen molar-refractivity contribution in [3.63, 3.8) is 0 Å². The minimum atomic E-state index is -0.405. The molecule has 0 spiro atoms. The molecule has 5 nitrogen and oxygen atoms in total. The maximum Gasteiger partial charge on any atom is 0.273 e. The summed E-state index contributed by atoms with van der Waals surface area (Å²) in [4.78, 5) is 23.0. The molecule has 1 rings (SSSR count). The molecule has 0 aliphatic carbocycles. The normalized spacial score (nSPS) is 11.1. The molecule has 1 aromatic heterocycles. The third-order valence-corrected chi connectivity index (χ3v) is 2.14. The summed E-state index contributed by atoms with van der Waals surface area (Å²) in [5, 5.41) is 0. The van der Waals surface area contributed by atoms with Crippen LogP contribution in [-0.4, -0.2) is 11.8 Å². The van der Waals surface area contributed by atoms with Crippen molar-refractivity contribution >= 4 is 11.8 Å². The van der Waals surface area contributed by atoms with Crippen LogP contribution in [0.2, 0.25) is 0 Å². The van der Waals surface area contributed by atoms with Gasteiger partial charge in [-0.3, -0.25) is 20.4 Å². The van der Waals surface area contributed by atoms with Gasteiger partial charge in [-0.15, -0.1) is 0 Å². The van der Waals surface area contributed by atoms with Crippen LogP contribution >= 0.6 is 0 Å². The van der Waals surface area contributed by atoms with Gasteiger partial charge in [0.25, 0.3) is 11.8 Å². The van der Waals surface area contributed by atoms with Crippen molar-refractivity contribution in [3.8, 4) is 0 Å². The molecule has 0 saturated carbocycles. The van der Waals surface area contributed by atoms with E-state index in [0.717, 1.165) is 0 Å². The first-order chi connectivity index (χ1) is 8.54. The Morgan fingerprint density at radius 1 is 1.22 bits per heavy atom. The number of rotatable bonds is 3. The summed E-state index contributed by atoms with van der Waals surface area (Å²) >= 11 is 0. The van der Waals surface area contributed by atoms with Crippen molar-refractivity contribution in [1.82, 2.24) is 10.9 Å². The van der Waals surface area contributed by atoms with Gasteiger partial charge in [0, 0.05) is 6.08 Å². The number of hydrogen-bond acceptors (Lipinski definition) is 3. The quantitative estimate of drug-likeness (QED) is 0.486. The van der Waals surface area contributed by atoms with E-state index in [0.29, 0.717) is 17.1 Å². The third-order valence-electron chi connectivity index (χ3n) is 2.14. The standard InChI is InChI=1S/C13H16N2O3/c1-4-5-6-7-12(16)14-15-13(17)11-8-9(2)18-10(11)3/h4-8H,1-3H3,(H,14,16)(H,15,17)/b5-4+,7-6+. The van der Waals surface area contributed by atoms with Crippen molar-refractivity contribution in [3.05, 3.63) is 47.5 Å². The van der Waals surface area contributed by atoms with Gasteiger partial charge in [0.15, 0.2) is 0 Å². The molecule has 0 aliphatic rings. The van der Waals surface area contributed by atoms with Crippen molar-refractivity contribution < 1.29 is 14.0 Å². The largest absolute Gasteiger partial charge is 0.466 e. The number of hydrogen-bond donors (Lipinski definition) is 2. The number of nitrogens with one attached hydrogen (secondary N) is 2. The Morgan fingerprint density at radius 2 is 1.94 bits per heavy atom. The molecule has 2 amide bonds. The zero-order valence-electron chi connectivity index (χ0n) is 10.6. The van der Waals surface area contributed by atoms with Gasteiger partial charge in [0.1, 0.15) is 11.5 Å². The van der Waals surface area contributed by atoms with Crippen LogP contribution in [0.15, 0.2) is 34.8 Å². The van der Waals surface area contributed by atoms with E-state index in [2.05, 4.69) is 10.9 Å². The summed E-state index contributed by atoms with van der Waals surface area (Å²) in [5.41, 5.74) is 4.99. The maximum absolute atomic E-state index is 11.7. The van der Waals surface area contributed by atoms with Crippen molar-refractivity contribution in [2.24, 2.45) is 0 Å². The fraction of sp³-hybridized carbons (Fsp3) is 0.231. The van der Waals surface area contributed by atoms with Crippen LogP contribution in [0.25, 0.3) is 0 Å². The fourth-order valence-electron chi connectivity index (χ4n) is 1.34. The van der Waals surface area contributed by atoms with Gasteiger partial charge >= 0.3 is 0 Å². The third kappa shape index (κ3) is 3.93. The molecule has 2 N–H and O–H groups in total. The highest BCUT2D eigenvalue weighted by molar-refractivity contribution is 5.97. The van der Waals surface area contributed by atoms with Gasteiger partial charge in [-0.2, -0.15) is 0 Å². The van der Waals surface area contributed by atoms with Gasteiger partial charge in [-0.05, 0) is 26.8 Å². The number of aryl methyl sites for hydroxylation is 2. The Hall–Kier alpha value is -2.30. The molecule has 5 heteroatoms. The highest BCUT2D eigenvalue weighted by Gasteiger charge is 2.13. The van der Waals surface area contributed by atoms with E-state index in [-0.39, 0.29) is 0 Å². The lowest BCUT2D eigenvalue weighted by Crippen LogP contribution is -2.40.